The fourth-order valence-electron chi connectivity index (χ4n) is 2.56. The highest BCUT2D eigenvalue weighted by Gasteiger charge is 2.27. The van der Waals surface area contributed by atoms with Gasteiger partial charge in [-0.15, -0.1) is 0 Å². The van der Waals surface area contributed by atoms with Crippen LogP contribution >= 0.6 is 0 Å². The van der Waals surface area contributed by atoms with Crippen molar-refractivity contribution in [2.45, 2.75) is 32.7 Å². The summed E-state index contributed by atoms with van der Waals surface area (Å²) in [6.45, 7) is 7.05. The molecule has 21 heavy (non-hydrogen) atoms. The maximum Gasteiger partial charge on any atom is 0.340 e. The fraction of sp³-hybridized carbons (Fsp3) is 0.562. The molecule has 1 fully saturated rings. The third-order valence-electron chi connectivity index (χ3n) is 3.99. The zero-order valence-electron chi connectivity index (χ0n) is 13.1. The number of carbonyl (C=O) groups excluding carboxylic acids is 1. The number of hydrogen-bond donors (Lipinski definition) is 2. The number of rotatable bonds is 7. The van der Waals surface area contributed by atoms with Gasteiger partial charge in [0.05, 0.1) is 12.7 Å². The van der Waals surface area contributed by atoms with E-state index in [1.165, 1.54) is 20.0 Å². The second kappa shape index (κ2) is 6.80. The van der Waals surface area contributed by atoms with E-state index in [0.717, 1.165) is 36.9 Å². The summed E-state index contributed by atoms with van der Waals surface area (Å²) in [6.07, 6.45) is 2.64. The van der Waals surface area contributed by atoms with E-state index in [0.29, 0.717) is 11.3 Å². The highest BCUT2D eigenvalue weighted by molar-refractivity contribution is 5.97. The van der Waals surface area contributed by atoms with Gasteiger partial charge in [-0.3, -0.25) is 4.90 Å². The van der Waals surface area contributed by atoms with Gasteiger partial charge in [0.1, 0.15) is 0 Å². The second-order valence-electron chi connectivity index (χ2n) is 5.53. The monoisotopic (exact) mass is 291 g/mol. The molecule has 0 aliphatic heterocycles. The lowest BCUT2D eigenvalue weighted by Gasteiger charge is -2.20. The number of ether oxygens (including phenoxy) is 1. The van der Waals surface area contributed by atoms with Gasteiger partial charge >= 0.3 is 5.97 Å². The molecule has 1 aromatic rings. The Hall–Kier alpha value is -1.75. The summed E-state index contributed by atoms with van der Waals surface area (Å²) < 4.78 is 4.77. The minimum atomic E-state index is -0.396. The van der Waals surface area contributed by atoms with Crippen molar-refractivity contribution in [1.29, 1.82) is 0 Å². The molecule has 3 N–H and O–H groups in total. The summed E-state index contributed by atoms with van der Waals surface area (Å²) in [5.41, 5.74) is 8.64. The molecule has 1 aromatic carbocycles. The normalized spacial score (nSPS) is 14.3. The molecule has 0 aromatic heterocycles. The number of nitrogen functional groups attached to an aromatic ring is 1. The minimum Gasteiger partial charge on any atom is -0.465 e. The molecule has 0 unspecified atom stereocenters. The van der Waals surface area contributed by atoms with Crippen LogP contribution < -0.4 is 11.1 Å². The number of benzene rings is 1. The Morgan fingerprint density at radius 2 is 2.19 bits per heavy atom. The number of nitrogens with zero attached hydrogens (tertiary/aromatic N) is 1. The Bertz CT molecular complexity index is 512. The Labute approximate surface area is 126 Å². The van der Waals surface area contributed by atoms with Gasteiger partial charge in [-0.2, -0.15) is 0 Å². The first-order chi connectivity index (χ1) is 10.1. The highest BCUT2D eigenvalue weighted by Crippen LogP contribution is 2.26. The van der Waals surface area contributed by atoms with Crippen LogP contribution in [0.4, 0.5) is 11.4 Å². The van der Waals surface area contributed by atoms with E-state index in [-0.39, 0.29) is 0 Å². The summed E-state index contributed by atoms with van der Waals surface area (Å²) >= 11 is 0. The minimum absolute atomic E-state index is 0.396. The van der Waals surface area contributed by atoms with Crippen molar-refractivity contribution in [3.8, 4) is 0 Å². The number of methoxy groups -OCH3 is 1. The highest BCUT2D eigenvalue weighted by atomic mass is 16.5. The van der Waals surface area contributed by atoms with E-state index in [1.54, 1.807) is 6.07 Å². The van der Waals surface area contributed by atoms with Crippen LogP contribution in [0.25, 0.3) is 0 Å². The van der Waals surface area contributed by atoms with Gasteiger partial charge in [-0.25, -0.2) is 4.79 Å². The number of nitrogens with two attached hydrogens (primary N) is 1. The lowest BCUT2D eigenvalue weighted by molar-refractivity contribution is 0.0602. The van der Waals surface area contributed by atoms with Crippen LogP contribution in [-0.2, 0) is 4.74 Å². The van der Waals surface area contributed by atoms with Crippen molar-refractivity contribution in [2.24, 2.45) is 0 Å². The number of aryl methyl sites for hydroxylation is 1. The zero-order valence-corrected chi connectivity index (χ0v) is 13.1. The quantitative estimate of drug-likeness (QED) is 0.596. The van der Waals surface area contributed by atoms with Crippen LogP contribution in [0.2, 0.25) is 0 Å². The van der Waals surface area contributed by atoms with Gasteiger partial charge in [-0.05, 0) is 44.0 Å². The smallest absolute Gasteiger partial charge is 0.340 e. The number of hydrogen-bond acceptors (Lipinski definition) is 5. The van der Waals surface area contributed by atoms with Gasteiger partial charge in [0.2, 0.25) is 0 Å². The molecule has 1 aliphatic rings. The average Bonchev–Trinajstić information content (AvgIpc) is 3.30. The second-order valence-corrected chi connectivity index (χ2v) is 5.53. The van der Waals surface area contributed by atoms with Crippen molar-refractivity contribution in [3.63, 3.8) is 0 Å². The summed E-state index contributed by atoms with van der Waals surface area (Å²) in [6, 6.07) is 4.51. The molecular weight excluding hydrogens is 266 g/mol. The fourth-order valence-corrected chi connectivity index (χ4v) is 2.56. The topological polar surface area (TPSA) is 67.6 Å². The first-order valence-electron chi connectivity index (χ1n) is 7.53. The van der Waals surface area contributed by atoms with E-state index in [9.17, 15) is 4.79 Å². The summed E-state index contributed by atoms with van der Waals surface area (Å²) in [5.74, 6) is -0.396. The molecule has 0 bridgehead atoms. The van der Waals surface area contributed by atoms with E-state index in [2.05, 4.69) is 17.1 Å². The number of nitrogens with one attached hydrogen (secondary N) is 1. The van der Waals surface area contributed by atoms with Crippen LogP contribution in [-0.4, -0.2) is 43.7 Å². The van der Waals surface area contributed by atoms with Crippen molar-refractivity contribution in [1.82, 2.24) is 4.90 Å². The maximum atomic E-state index is 11.7. The van der Waals surface area contributed by atoms with Crippen LogP contribution in [0.1, 0.15) is 35.7 Å². The first kappa shape index (κ1) is 15.6. The predicted octanol–water partition coefficient (Wildman–Crippen LogP) is 2.26. The third kappa shape index (κ3) is 3.88. The van der Waals surface area contributed by atoms with Crippen LogP contribution in [0.5, 0.6) is 0 Å². The summed E-state index contributed by atoms with van der Waals surface area (Å²) in [5, 5.41) is 3.37. The van der Waals surface area contributed by atoms with Gasteiger partial charge in [-0.1, -0.05) is 6.92 Å². The van der Waals surface area contributed by atoms with Crippen LogP contribution in [0, 0.1) is 6.92 Å². The van der Waals surface area contributed by atoms with Crippen molar-refractivity contribution in [3.05, 3.63) is 23.3 Å². The molecule has 5 heteroatoms. The Balaban J connectivity index is 1.99. The molecule has 0 spiro atoms. The Morgan fingerprint density at radius 3 is 2.76 bits per heavy atom. The molecule has 0 radical (unpaired) electrons. The van der Waals surface area contributed by atoms with Crippen LogP contribution in [0.15, 0.2) is 12.1 Å². The third-order valence-corrected chi connectivity index (χ3v) is 3.99. The largest absolute Gasteiger partial charge is 0.465 e. The summed E-state index contributed by atoms with van der Waals surface area (Å²) in [7, 11) is 1.37. The van der Waals surface area contributed by atoms with E-state index >= 15 is 0 Å². The van der Waals surface area contributed by atoms with E-state index in [4.69, 9.17) is 10.5 Å². The number of anilines is 2. The van der Waals surface area contributed by atoms with Crippen molar-refractivity contribution < 1.29 is 9.53 Å². The lowest BCUT2D eigenvalue weighted by Crippen LogP contribution is -2.30. The van der Waals surface area contributed by atoms with Gasteiger partial charge < -0.3 is 15.8 Å². The molecule has 0 heterocycles. The number of carbonyl (C=O) groups is 1. The van der Waals surface area contributed by atoms with Gasteiger partial charge in [0.25, 0.3) is 0 Å². The SMILES string of the molecule is CCN(CCNc1cc(C)c(N)c(C(=O)OC)c1)C1CC1. The average molecular weight is 291 g/mol. The van der Waals surface area contributed by atoms with Crippen molar-refractivity contribution in [2.75, 3.05) is 37.8 Å². The molecule has 1 saturated carbocycles. The Kier molecular flexibility index (Phi) is 5.07. The zero-order chi connectivity index (χ0) is 15.4. The molecule has 5 nitrogen and oxygen atoms in total. The van der Waals surface area contributed by atoms with Gasteiger partial charge in [0, 0.05) is 30.5 Å². The van der Waals surface area contributed by atoms with E-state index < -0.39 is 5.97 Å². The predicted molar refractivity (Wildman–Crippen MR) is 85.7 cm³/mol. The molecule has 1 aliphatic carbocycles. The number of likely N-dealkylation sites (N-methyl/N-ethyl adjacent to an activating group) is 1. The maximum absolute atomic E-state index is 11.7. The molecule has 0 atom stereocenters. The summed E-state index contributed by atoms with van der Waals surface area (Å²) in [4.78, 5) is 14.2. The molecule has 2 rings (SSSR count). The van der Waals surface area contributed by atoms with Crippen molar-refractivity contribution >= 4 is 17.3 Å². The molecule has 0 saturated heterocycles. The molecule has 0 amide bonds. The lowest BCUT2D eigenvalue weighted by atomic mass is 10.1. The van der Waals surface area contributed by atoms with Crippen LogP contribution in [0.3, 0.4) is 0 Å². The standard InChI is InChI=1S/C16H25N3O2/c1-4-19(13-5-6-13)8-7-18-12-9-11(2)15(17)14(10-12)16(20)21-3/h9-10,13,18H,4-8,17H2,1-3H3. The molecule has 116 valence electrons. The molecular formula is C16H25N3O2. The Morgan fingerprint density at radius 1 is 1.48 bits per heavy atom. The first-order valence-corrected chi connectivity index (χ1v) is 7.53. The van der Waals surface area contributed by atoms with E-state index in [1.807, 2.05) is 13.0 Å². The number of esters is 1. The van der Waals surface area contributed by atoms with Gasteiger partial charge in [0.15, 0.2) is 0 Å².